The van der Waals surface area contributed by atoms with Crippen LogP contribution in [-0.4, -0.2) is 32.2 Å². The van der Waals surface area contributed by atoms with Crippen LogP contribution < -0.4 is 10.6 Å². The molecule has 0 aromatic rings. The van der Waals surface area contributed by atoms with Crippen LogP contribution in [0.1, 0.15) is 71.1 Å². The predicted molar refractivity (Wildman–Crippen MR) is 122 cm³/mol. The van der Waals surface area contributed by atoms with Crippen LogP contribution in [0.2, 0.25) is 0 Å². The Labute approximate surface area is 177 Å². The van der Waals surface area contributed by atoms with E-state index in [9.17, 15) is 9.59 Å². The maximum atomic E-state index is 11.3. The van der Waals surface area contributed by atoms with E-state index < -0.39 is 6.09 Å². The highest BCUT2D eigenvalue weighted by Crippen LogP contribution is 2.01. The first-order valence-electron chi connectivity index (χ1n) is 10.9. The van der Waals surface area contributed by atoms with E-state index in [2.05, 4.69) is 66.2 Å². The minimum atomic E-state index is -0.550. The molecule has 0 atom stereocenters. The van der Waals surface area contributed by atoms with Crippen LogP contribution in [0.3, 0.4) is 0 Å². The van der Waals surface area contributed by atoms with E-state index in [1.165, 1.54) is 32.7 Å². The third-order valence-corrected chi connectivity index (χ3v) is 4.14. The second-order valence-electron chi connectivity index (χ2n) is 6.76. The normalized spacial score (nSPS) is 11.8. The predicted octanol–water partition coefficient (Wildman–Crippen LogP) is 5.60. The minimum absolute atomic E-state index is 0.245. The molecule has 0 aliphatic carbocycles. The fourth-order valence-corrected chi connectivity index (χ4v) is 2.39. The monoisotopic (exact) mass is 404 g/mol. The lowest BCUT2D eigenvalue weighted by Gasteiger charge is -2.05. The summed E-state index contributed by atoms with van der Waals surface area (Å²) in [5.41, 5.74) is 0. The molecule has 5 nitrogen and oxygen atoms in total. The fraction of sp³-hybridized carbons (Fsp3) is 0.583. The standard InChI is InChI=1S/C24H40N2O3/c1-3-4-5-6-7-8-9-10-11-12-13-14-15-16-17-18-19-20-21-26-24(28)29-22-23(27)25-2/h7-8,10-11,13-14,16-17H,3-6,9,12,15,18-22H2,1-2H3,(H,25,27)(H,26,28). The molecule has 0 saturated carbocycles. The zero-order chi connectivity index (χ0) is 21.4. The molecule has 29 heavy (non-hydrogen) atoms. The van der Waals surface area contributed by atoms with E-state index in [1.807, 2.05) is 0 Å². The Morgan fingerprint density at radius 3 is 1.79 bits per heavy atom. The number of nitrogens with one attached hydrogen (secondary N) is 2. The SMILES string of the molecule is CCCCCC=CCC=CCC=CCC=CCCCCNC(=O)OCC(=O)NC. The van der Waals surface area contributed by atoms with Crippen LogP contribution in [0.4, 0.5) is 4.79 Å². The van der Waals surface area contributed by atoms with E-state index >= 15 is 0 Å². The summed E-state index contributed by atoms with van der Waals surface area (Å²) in [4.78, 5) is 22.2. The molecule has 0 saturated heterocycles. The van der Waals surface area contributed by atoms with Crippen LogP contribution >= 0.6 is 0 Å². The Balaban J connectivity index is 3.45. The zero-order valence-corrected chi connectivity index (χ0v) is 18.3. The van der Waals surface area contributed by atoms with Gasteiger partial charge >= 0.3 is 6.09 Å². The Kier molecular flexibility index (Phi) is 20.2. The van der Waals surface area contributed by atoms with Crippen LogP contribution in [0.15, 0.2) is 48.6 Å². The molecule has 0 aliphatic rings. The number of hydrogen-bond donors (Lipinski definition) is 2. The molecule has 0 rings (SSSR count). The molecule has 0 spiro atoms. The van der Waals surface area contributed by atoms with Gasteiger partial charge in [0.2, 0.25) is 0 Å². The molecule has 5 heteroatoms. The Hall–Kier alpha value is -2.30. The summed E-state index contributed by atoms with van der Waals surface area (Å²) < 4.78 is 4.74. The van der Waals surface area contributed by atoms with E-state index in [4.69, 9.17) is 4.74 Å². The highest BCUT2D eigenvalue weighted by molar-refractivity contribution is 5.79. The van der Waals surface area contributed by atoms with E-state index in [1.54, 1.807) is 0 Å². The number of alkyl carbamates (subject to hydrolysis) is 1. The van der Waals surface area contributed by atoms with Crippen molar-refractivity contribution in [3.05, 3.63) is 48.6 Å². The molecule has 2 N–H and O–H groups in total. The van der Waals surface area contributed by atoms with Crippen molar-refractivity contribution in [1.82, 2.24) is 10.6 Å². The lowest BCUT2D eigenvalue weighted by atomic mass is 10.2. The van der Waals surface area contributed by atoms with Crippen molar-refractivity contribution < 1.29 is 14.3 Å². The van der Waals surface area contributed by atoms with Gasteiger partial charge in [0.1, 0.15) is 0 Å². The molecule has 0 heterocycles. The van der Waals surface area contributed by atoms with Crippen LogP contribution in [0.25, 0.3) is 0 Å². The highest BCUT2D eigenvalue weighted by atomic mass is 16.6. The van der Waals surface area contributed by atoms with Gasteiger partial charge in [0.05, 0.1) is 0 Å². The summed E-state index contributed by atoms with van der Waals surface area (Å²) in [6.45, 7) is 2.54. The summed E-state index contributed by atoms with van der Waals surface area (Å²) in [6, 6.07) is 0. The quantitative estimate of drug-likeness (QED) is 0.245. The molecule has 0 aromatic carbocycles. The molecule has 0 bridgehead atoms. The number of carbonyl (C=O) groups excluding carboxylic acids is 2. The molecule has 0 aromatic heterocycles. The summed E-state index contributed by atoms with van der Waals surface area (Å²) in [5.74, 6) is -0.319. The van der Waals surface area contributed by atoms with Crippen molar-refractivity contribution in [2.24, 2.45) is 0 Å². The summed E-state index contributed by atoms with van der Waals surface area (Å²) >= 11 is 0. The molecule has 0 unspecified atom stereocenters. The molecule has 164 valence electrons. The number of ether oxygens (including phenoxy) is 1. The third kappa shape index (κ3) is 21.9. The Morgan fingerprint density at radius 1 is 0.759 bits per heavy atom. The summed E-state index contributed by atoms with van der Waals surface area (Å²) in [5, 5.41) is 5.02. The van der Waals surface area contributed by atoms with Crippen molar-refractivity contribution in [2.45, 2.75) is 71.1 Å². The zero-order valence-electron chi connectivity index (χ0n) is 18.3. The van der Waals surface area contributed by atoms with Gasteiger partial charge in [0.25, 0.3) is 5.91 Å². The van der Waals surface area contributed by atoms with E-state index in [-0.39, 0.29) is 12.5 Å². The number of hydrogen-bond acceptors (Lipinski definition) is 3. The number of unbranched alkanes of at least 4 members (excludes halogenated alkanes) is 5. The Morgan fingerprint density at radius 2 is 1.28 bits per heavy atom. The number of allylic oxidation sites excluding steroid dienone is 8. The van der Waals surface area contributed by atoms with E-state index in [0.29, 0.717) is 6.54 Å². The van der Waals surface area contributed by atoms with Crippen LogP contribution in [-0.2, 0) is 9.53 Å². The van der Waals surface area contributed by atoms with Crippen molar-refractivity contribution >= 4 is 12.0 Å². The van der Waals surface area contributed by atoms with Gasteiger partial charge in [-0.25, -0.2) is 4.79 Å². The maximum Gasteiger partial charge on any atom is 0.407 e. The Bertz CT molecular complexity index is 522. The van der Waals surface area contributed by atoms with Gasteiger partial charge in [-0.15, -0.1) is 0 Å². The topological polar surface area (TPSA) is 67.4 Å². The van der Waals surface area contributed by atoms with Gasteiger partial charge in [-0.05, 0) is 51.4 Å². The van der Waals surface area contributed by atoms with Crippen molar-refractivity contribution in [2.75, 3.05) is 20.2 Å². The van der Waals surface area contributed by atoms with Gasteiger partial charge in [-0.2, -0.15) is 0 Å². The second-order valence-corrected chi connectivity index (χ2v) is 6.76. The van der Waals surface area contributed by atoms with Crippen molar-refractivity contribution in [3.63, 3.8) is 0 Å². The van der Waals surface area contributed by atoms with E-state index in [0.717, 1.165) is 38.5 Å². The number of rotatable bonds is 17. The second kappa shape index (κ2) is 22.0. The largest absolute Gasteiger partial charge is 0.439 e. The van der Waals surface area contributed by atoms with Crippen LogP contribution in [0, 0.1) is 0 Å². The van der Waals surface area contributed by atoms with Crippen molar-refractivity contribution in [1.29, 1.82) is 0 Å². The number of likely N-dealkylation sites (N-methyl/N-ethyl adjacent to an activating group) is 1. The first-order chi connectivity index (χ1) is 14.2. The molecule has 2 amide bonds. The highest BCUT2D eigenvalue weighted by Gasteiger charge is 2.03. The average Bonchev–Trinajstić information content (AvgIpc) is 2.73. The van der Waals surface area contributed by atoms with Crippen molar-refractivity contribution in [3.8, 4) is 0 Å². The lowest BCUT2D eigenvalue weighted by Crippen LogP contribution is -2.30. The summed E-state index contributed by atoms with van der Waals surface area (Å²) in [6.07, 6.45) is 28.1. The van der Waals surface area contributed by atoms with Gasteiger partial charge in [0, 0.05) is 13.6 Å². The smallest absolute Gasteiger partial charge is 0.407 e. The van der Waals surface area contributed by atoms with Gasteiger partial charge in [-0.1, -0.05) is 68.4 Å². The first kappa shape index (κ1) is 26.7. The molecule has 0 aliphatic heterocycles. The van der Waals surface area contributed by atoms with Crippen LogP contribution in [0.5, 0.6) is 0 Å². The lowest BCUT2D eigenvalue weighted by molar-refractivity contribution is -0.123. The molecular weight excluding hydrogens is 364 g/mol. The molecule has 0 radical (unpaired) electrons. The van der Waals surface area contributed by atoms with Gasteiger partial charge in [-0.3, -0.25) is 4.79 Å². The average molecular weight is 405 g/mol. The summed E-state index contributed by atoms with van der Waals surface area (Å²) in [7, 11) is 1.50. The first-order valence-corrected chi connectivity index (χ1v) is 10.9. The minimum Gasteiger partial charge on any atom is -0.439 e. The molecule has 0 fully saturated rings. The maximum absolute atomic E-state index is 11.3. The van der Waals surface area contributed by atoms with Gasteiger partial charge < -0.3 is 15.4 Å². The molecular formula is C24H40N2O3. The third-order valence-electron chi connectivity index (χ3n) is 4.14. The number of carbonyl (C=O) groups is 2. The number of amides is 2. The van der Waals surface area contributed by atoms with Gasteiger partial charge in [0.15, 0.2) is 6.61 Å². The fourth-order valence-electron chi connectivity index (χ4n) is 2.39.